The highest BCUT2D eigenvalue weighted by Gasteiger charge is 2.34. The van der Waals surface area contributed by atoms with E-state index in [1.807, 2.05) is 6.92 Å². The third kappa shape index (κ3) is 4.22. The van der Waals surface area contributed by atoms with E-state index in [-0.39, 0.29) is 23.7 Å². The molecule has 2 heterocycles. The number of halogens is 1. The Bertz CT molecular complexity index is 927. The Labute approximate surface area is 155 Å². The van der Waals surface area contributed by atoms with E-state index in [0.717, 1.165) is 0 Å². The minimum atomic E-state index is -0.655. The van der Waals surface area contributed by atoms with Crippen LogP contribution in [0.1, 0.15) is 13.3 Å². The van der Waals surface area contributed by atoms with Crippen molar-refractivity contribution in [1.82, 2.24) is 9.47 Å². The molecule has 7 nitrogen and oxygen atoms in total. The van der Waals surface area contributed by atoms with Crippen LogP contribution in [0.15, 0.2) is 47.4 Å². The molecule has 142 valence electrons. The summed E-state index contributed by atoms with van der Waals surface area (Å²) in [5, 5.41) is 2.51. The van der Waals surface area contributed by atoms with Crippen molar-refractivity contribution in [3.05, 3.63) is 58.8 Å². The van der Waals surface area contributed by atoms with E-state index in [0.29, 0.717) is 18.7 Å². The highest BCUT2D eigenvalue weighted by atomic mass is 19.1. The number of carbonyl (C=O) groups is 2. The molecule has 0 radical (unpaired) electrons. The van der Waals surface area contributed by atoms with Crippen LogP contribution in [0.3, 0.4) is 0 Å². The first kappa shape index (κ1) is 18.8. The van der Waals surface area contributed by atoms with Crippen LogP contribution in [0.2, 0.25) is 0 Å². The maximum absolute atomic E-state index is 14.4. The van der Waals surface area contributed by atoms with Crippen LogP contribution in [0.5, 0.6) is 0 Å². The summed E-state index contributed by atoms with van der Waals surface area (Å²) in [5.74, 6) is -1.29. The molecule has 1 aliphatic heterocycles. The van der Waals surface area contributed by atoms with Crippen molar-refractivity contribution < 1.29 is 14.0 Å². The number of hydrogen-bond acceptors (Lipinski definition) is 4. The lowest BCUT2D eigenvalue weighted by molar-refractivity contribution is -0.123. The van der Waals surface area contributed by atoms with E-state index >= 15 is 0 Å². The van der Waals surface area contributed by atoms with Crippen LogP contribution in [0.4, 0.5) is 10.1 Å². The molecule has 1 unspecified atom stereocenters. The highest BCUT2D eigenvalue weighted by Crippen LogP contribution is 2.23. The maximum Gasteiger partial charge on any atom is 0.255 e. The molecule has 3 rings (SSSR count). The van der Waals surface area contributed by atoms with Gasteiger partial charge in [0.05, 0.1) is 24.0 Å². The van der Waals surface area contributed by atoms with Gasteiger partial charge >= 0.3 is 0 Å². The molecule has 3 N–H and O–H groups in total. The number of primary amides is 1. The zero-order chi connectivity index (χ0) is 19.6. The highest BCUT2D eigenvalue weighted by molar-refractivity contribution is 5.93. The number of aromatic nitrogens is 1. The standard InChI is InChI=1S/C19H21FN4O3/c1-12-8-16(19(21)27)23(10-12)11-17(25)22-15-6-5-13(9-14(15)20)24-7-3-2-4-18(24)26/h2-7,9,12,16H,8,10-11H2,1H3,(H2,21,27)(H,22,25)/t12-,16?/m0/s1. The number of rotatable bonds is 5. The van der Waals surface area contributed by atoms with Gasteiger partial charge in [0.1, 0.15) is 5.82 Å². The Hall–Kier alpha value is -3.00. The van der Waals surface area contributed by atoms with Crippen LogP contribution in [0, 0.1) is 11.7 Å². The molecular weight excluding hydrogens is 351 g/mol. The molecule has 2 aromatic rings. The lowest BCUT2D eigenvalue weighted by atomic mass is 10.1. The second-order valence-corrected chi connectivity index (χ2v) is 6.81. The number of amides is 2. The van der Waals surface area contributed by atoms with E-state index in [9.17, 15) is 18.8 Å². The molecule has 27 heavy (non-hydrogen) atoms. The van der Waals surface area contributed by atoms with Gasteiger partial charge in [-0.25, -0.2) is 4.39 Å². The molecule has 1 aromatic heterocycles. The monoisotopic (exact) mass is 372 g/mol. The topological polar surface area (TPSA) is 97.4 Å². The molecule has 0 aliphatic carbocycles. The van der Waals surface area contributed by atoms with Crippen LogP contribution < -0.4 is 16.6 Å². The number of hydrogen-bond donors (Lipinski definition) is 2. The number of likely N-dealkylation sites (tertiary alicyclic amines) is 1. The van der Waals surface area contributed by atoms with Gasteiger partial charge in [0, 0.05) is 24.9 Å². The summed E-state index contributed by atoms with van der Waals surface area (Å²) in [4.78, 5) is 37.3. The van der Waals surface area contributed by atoms with Gasteiger partial charge in [0.15, 0.2) is 0 Å². The Kier molecular flexibility index (Phi) is 5.36. The first-order valence-electron chi connectivity index (χ1n) is 8.66. The normalized spacial score (nSPS) is 19.8. The van der Waals surface area contributed by atoms with Gasteiger partial charge in [-0.05, 0) is 30.5 Å². The molecule has 1 aromatic carbocycles. The molecule has 0 bridgehead atoms. The summed E-state index contributed by atoms with van der Waals surface area (Å²) < 4.78 is 15.7. The summed E-state index contributed by atoms with van der Waals surface area (Å²) in [7, 11) is 0. The number of nitrogens with two attached hydrogens (primary N) is 1. The van der Waals surface area contributed by atoms with Gasteiger partial charge in [-0.15, -0.1) is 0 Å². The van der Waals surface area contributed by atoms with Crippen molar-refractivity contribution in [2.45, 2.75) is 19.4 Å². The minimum absolute atomic E-state index is 0.00982. The maximum atomic E-state index is 14.4. The minimum Gasteiger partial charge on any atom is -0.368 e. The van der Waals surface area contributed by atoms with Crippen LogP contribution in [0.25, 0.3) is 5.69 Å². The van der Waals surface area contributed by atoms with Crippen molar-refractivity contribution in [2.75, 3.05) is 18.4 Å². The molecular formula is C19H21FN4O3. The third-order valence-corrected chi connectivity index (χ3v) is 4.62. The number of pyridine rings is 1. The number of nitrogens with zero attached hydrogens (tertiary/aromatic N) is 2. The lowest BCUT2D eigenvalue weighted by Crippen LogP contribution is -2.43. The van der Waals surface area contributed by atoms with Gasteiger partial charge in [-0.1, -0.05) is 13.0 Å². The average Bonchev–Trinajstić information content (AvgIpc) is 2.97. The van der Waals surface area contributed by atoms with E-state index < -0.39 is 23.7 Å². The van der Waals surface area contributed by atoms with Crippen LogP contribution >= 0.6 is 0 Å². The molecule has 1 saturated heterocycles. The Morgan fingerprint density at radius 1 is 1.30 bits per heavy atom. The third-order valence-electron chi connectivity index (χ3n) is 4.62. The van der Waals surface area contributed by atoms with Crippen molar-refractivity contribution in [3.8, 4) is 5.69 Å². The van der Waals surface area contributed by atoms with Gasteiger partial charge < -0.3 is 11.1 Å². The lowest BCUT2D eigenvalue weighted by Gasteiger charge is -2.21. The SMILES string of the molecule is C[C@H]1CC(C(N)=O)N(CC(=O)Nc2ccc(-n3ccccc3=O)cc2F)C1. The van der Waals surface area contributed by atoms with Gasteiger partial charge in [-0.2, -0.15) is 0 Å². The largest absolute Gasteiger partial charge is 0.368 e. The fraction of sp³-hybridized carbons (Fsp3) is 0.316. The second-order valence-electron chi connectivity index (χ2n) is 6.81. The molecule has 0 saturated carbocycles. The predicted octanol–water partition coefficient (Wildman–Crippen LogP) is 1.11. The first-order valence-corrected chi connectivity index (χ1v) is 8.66. The van der Waals surface area contributed by atoms with Crippen molar-refractivity contribution in [3.63, 3.8) is 0 Å². The first-order chi connectivity index (χ1) is 12.8. The number of nitrogens with one attached hydrogen (secondary N) is 1. The molecule has 1 aliphatic rings. The summed E-state index contributed by atoms with van der Waals surface area (Å²) >= 11 is 0. The summed E-state index contributed by atoms with van der Waals surface area (Å²) in [6.45, 7) is 2.52. The molecule has 8 heteroatoms. The van der Waals surface area contributed by atoms with E-state index in [4.69, 9.17) is 5.73 Å². The molecule has 1 fully saturated rings. The Morgan fingerprint density at radius 2 is 2.07 bits per heavy atom. The van der Waals surface area contributed by atoms with Gasteiger partial charge in [-0.3, -0.25) is 23.9 Å². The van der Waals surface area contributed by atoms with E-state index in [1.54, 1.807) is 23.1 Å². The summed E-state index contributed by atoms with van der Waals surface area (Å²) in [5.41, 5.74) is 5.47. The smallest absolute Gasteiger partial charge is 0.255 e. The Balaban J connectivity index is 1.71. The predicted molar refractivity (Wildman–Crippen MR) is 99.0 cm³/mol. The fourth-order valence-electron chi connectivity index (χ4n) is 3.37. The van der Waals surface area contributed by atoms with Gasteiger partial charge in [0.2, 0.25) is 11.8 Å². The van der Waals surface area contributed by atoms with E-state index in [2.05, 4.69) is 5.32 Å². The molecule has 0 spiro atoms. The second kappa shape index (κ2) is 7.71. The van der Waals surface area contributed by atoms with Crippen molar-refractivity contribution in [2.24, 2.45) is 11.7 Å². The van der Waals surface area contributed by atoms with Crippen LogP contribution in [-0.4, -0.2) is 40.4 Å². The zero-order valence-corrected chi connectivity index (χ0v) is 14.9. The zero-order valence-electron chi connectivity index (χ0n) is 14.9. The molecule has 2 amide bonds. The quantitative estimate of drug-likeness (QED) is 0.822. The average molecular weight is 372 g/mol. The fourth-order valence-corrected chi connectivity index (χ4v) is 3.37. The summed E-state index contributed by atoms with van der Waals surface area (Å²) in [6.07, 6.45) is 2.14. The van der Waals surface area contributed by atoms with Crippen molar-refractivity contribution >= 4 is 17.5 Å². The molecule has 2 atom stereocenters. The number of benzene rings is 1. The van der Waals surface area contributed by atoms with Crippen molar-refractivity contribution in [1.29, 1.82) is 0 Å². The number of carbonyl (C=O) groups excluding carboxylic acids is 2. The van der Waals surface area contributed by atoms with Crippen LogP contribution in [-0.2, 0) is 9.59 Å². The van der Waals surface area contributed by atoms with E-state index in [1.165, 1.54) is 29.0 Å². The summed E-state index contributed by atoms with van der Waals surface area (Å²) in [6, 6.07) is 8.29. The Morgan fingerprint density at radius 3 is 2.74 bits per heavy atom. The van der Waals surface area contributed by atoms with Gasteiger partial charge in [0.25, 0.3) is 5.56 Å². The number of anilines is 1.